The number of anilines is 1. The zero-order valence-electron chi connectivity index (χ0n) is 16.1. The van der Waals surface area contributed by atoms with Gasteiger partial charge in [-0.25, -0.2) is 9.18 Å². The molecule has 1 aromatic heterocycles. The van der Waals surface area contributed by atoms with Crippen molar-refractivity contribution in [3.05, 3.63) is 66.6 Å². The number of fused-ring (bicyclic) bond motifs is 1. The van der Waals surface area contributed by atoms with Crippen LogP contribution in [0.25, 0.3) is 10.9 Å². The standard InChI is InChI=1S/C22H23FN4O2/c23-18-7-1-2-8-19(18)26-12-14-27(15-13-26)22(28)25-11-16-29-20-9-3-5-17-6-4-10-24-21(17)20/h1-10H,11-16H2,(H,25,28). The maximum atomic E-state index is 13.9. The minimum Gasteiger partial charge on any atom is -0.489 e. The average molecular weight is 394 g/mol. The molecule has 1 aliphatic heterocycles. The topological polar surface area (TPSA) is 57.7 Å². The Morgan fingerprint density at radius 2 is 1.83 bits per heavy atom. The Kier molecular flexibility index (Phi) is 5.74. The fourth-order valence-corrected chi connectivity index (χ4v) is 3.48. The molecule has 2 heterocycles. The normalized spacial score (nSPS) is 14.1. The van der Waals surface area contributed by atoms with Gasteiger partial charge in [-0.1, -0.05) is 30.3 Å². The zero-order chi connectivity index (χ0) is 20.1. The number of nitrogens with one attached hydrogen (secondary N) is 1. The van der Waals surface area contributed by atoms with E-state index < -0.39 is 0 Å². The quantitative estimate of drug-likeness (QED) is 0.675. The van der Waals surface area contributed by atoms with Gasteiger partial charge in [0.25, 0.3) is 0 Å². The van der Waals surface area contributed by atoms with Crippen LogP contribution in [0.15, 0.2) is 60.8 Å². The molecule has 2 aromatic carbocycles. The van der Waals surface area contributed by atoms with Crippen molar-refractivity contribution in [1.82, 2.24) is 15.2 Å². The minimum atomic E-state index is -0.231. The summed E-state index contributed by atoms with van der Waals surface area (Å²) in [6.45, 7) is 3.06. The van der Waals surface area contributed by atoms with E-state index in [9.17, 15) is 9.18 Å². The van der Waals surface area contributed by atoms with Gasteiger partial charge in [-0.3, -0.25) is 4.98 Å². The number of carbonyl (C=O) groups is 1. The summed E-state index contributed by atoms with van der Waals surface area (Å²) in [5.74, 6) is 0.473. The fourth-order valence-electron chi connectivity index (χ4n) is 3.48. The predicted molar refractivity (Wildman–Crippen MR) is 111 cm³/mol. The van der Waals surface area contributed by atoms with Crippen LogP contribution >= 0.6 is 0 Å². The van der Waals surface area contributed by atoms with E-state index in [1.807, 2.05) is 41.3 Å². The lowest BCUT2D eigenvalue weighted by atomic mass is 10.2. The number of pyridine rings is 1. The number of rotatable bonds is 5. The fraction of sp³-hybridized carbons (Fsp3) is 0.273. The van der Waals surface area contributed by atoms with Crippen molar-refractivity contribution >= 4 is 22.6 Å². The minimum absolute atomic E-state index is 0.127. The predicted octanol–water partition coefficient (Wildman–Crippen LogP) is 3.28. The number of amides is 2. The first-order valence-corrected chi connectivity index (χ1v) is 9.71. The van der Waals surface area contributed by atoms with Gasteiger partial charge in [-0.05, 0) is 24.3 Å². The van der Waals surface area contributed by atoms with Crippen molar-refractivity contribution in [3.63, 3.8) is 0 Å². The van der Waals surface area contributed by atoms with Crippen LogP contribution in [-0.4, -0.2) is 55.2 Å². The van der Waals surface area contributed by atoms with E-state index in [0.29, 0.717) is 50.8 Å². The highest BCUT2D eigenvalue weighted by Gasteiger charge is 2.22. The summed E-state index contributed by atoms with van der Waals surface area (Å²) >= 11 is 0. The van der Waals surface area contributed by atoms with E-state index in [2.05, 4.69) is 10.3 Å². The van der Waals surface area contributed by atoms with Crippen molar-refractivity contribution in [2.75, 3.05) is 44.2 Å². The zero-order valence-corrected chi connectivity index (χ0v) is 16.1. The SMILES string of the molecule is O=C(NCCOc1cccc2cccnc12)N1CCN(c2ccccc2F)CC1. The van der Waals surface area contributed by atoms with E-state index >= 15 is 0 Å². The van der Waals surface area contributed by atoms with Crippen LogP contribution in [0.1, 0.15) is 0 Å². The number of ether oxygens (including phenoxy) is 1. The number of halogens is 1. The van der Waals surface area contributed by atoms with Gasteiger partial charge in [0.05, 0.1) is 12.2 Å². The Hall–Kier alpha value is -3.35. The van der Waals surface area contributed by atoms with E-state index in [-0.39, 0.29) is 11.8 Å². The summed E-state index contributed by atoms with van der Waals surface area (Å²) < 4.78 is 19.7. The number of aromatic nitrogens is 1. The van der Waals surface area contributed by atoms with Crippen LogP contribution < -0.4 is 15.0 Å². The molecule has 0 radical (unpaired) electrons. The Labute approximate surface area is 168 Å². The Morgan fingerprint density at radius 3 is 2.66 bits per heavy atom. The molecule has 1 fully saturated rings. The van der Waals surface area contributed by atoms with Crippen molar-refractivity contribution in [1.29, 1.82) is 0 Å². The number of hydrogen-bond acceptors (Lipinski definition) is 4. The summed E-state index contributed by atoms with van der Waals surface area (Å²) in [5.41, 5.74) is 1.40. The maximum Gasteiger partial charge on any atom is 0.317 e. The molecule has 150 valence electrons. The lowest BCUT2D eigenvalue weighted by Gasteiger charge is -2.36. The molecule has 2 amide bonds. The lowest BCUT2D eigenvalue weighted by molar-refractivity contribution is 0.191. The van der Waals surface area contributed by atoms with Crippen LogP contribution in [0.2, 0.25) is 0 Å². The first-order valence-electron chi connectivity index (χ1n) is 9.71. The molecule has 1 aliphatic rings. The van der Waals surface area contributed by atoms with Crippen LogP contribution in [-0.2, 0) is 0 Å². The molecule has 0 bridgehead atoms. The number of urea groups is 1. The van der Waals surface area contributed by atoms with Gasteiger partial charge in [0.1, 0.15) is 23.7 Å². The summed E-state index contributed by atoms with van der Waals surface area (Å²) in [7, 11) is 0. The number of benzene rings is 2. The number of nitrogens with zero attached hydrogens (tertiary/aromatic N) is 3. The molecule has 1 N–H and O–H groups in total. The highest BCUT2D eigenvalue weighted by atomic mass is 19.1. The van der Waals surface area contributed by atoms with Crippen molar-refractivity contribution in [2.24, 2.45) is 0 Å². The van der Waals surface area contributed by atoms with Gasteiger partial charge in [0, 0.05) is 37.8 Å². The number of para-hydroxylation sites is 2. The monoisotopic (exact) mass is 394 g/mol. The number of hydrogen-bond donors (Lipinski definition) is 1. The first kappa shape index (κ1) is 19.0. The van der Waals surface area contributed by atoms with Crippen LogP contribution in [0.5, 0.6) is 5.75 Å². The second kappa shape index (κ2) is 8.77. The van der Waals surface area contributed by atoms with Gasteiger partial charge in [-0.15, -0.1) is 0 Å². The van der Waals surface area contributed by atoms with Crippen molar-refractivity contribution in [2.45, 2.75) is 0 Å². The molecular weight excluding hydrogens is 371 g/mol. The molecule has 0 aliphatic carbocycles. The number of carbonyl (C=O) groups excluding carboxylic acids is 1. The second-order valence-electron chi connectivity index (χ2n) is 6.84. The highest BCUT2D eigenvalue weighted by molar-refractivity contribution is 5.84. The van der Waals surface area contributed by atoms with Gasteiger partial charge < -0.3 is 19.9 Å². The molecular formula is C22H23FN4O2. The summed E-state index contributed by atoms with van der Waals surface area (Å²) in [5, 5.41) is 3.90. The average Bonchev–Trinajstić information content (AvgIpc) is 2.77. The van der Waals surface area contributed by atoms with Crippen LogP contribution in [0, 0.1) is 5.82 Å². The first-order chi connectivity index (χ1) is 14.2. The molecule has 0 spiro atoms. The molecule has 1 saturated heterocycles. The molecule has 29 heavy (non-hydrogen) atoms. The third kappa shape index (κ3) is 4.39. The molecule has 0 saturated carbocycles. The van der Waals surface area contributed by atoms with Gasteiger partial charge in [0.2, 0.25) is 0 Å². The lowest BCUT2D eigenvalue weighted by Crippen LogP contribution is -2.52. The molecule has 0 unspecified atom stereocenters. The number of piperazine rings is 1. The van der Waals surface area contributed by atoms with Crippen molar-refractivity contribution < 1.29 is 13.9 Å². The highest BCUT2D eigenvalue weighted by Crippen LogP contribution is 2.23. The molecule has 6 nitrogen and oxygen atoms in total. The van der Waals surface area contributed by atoms with Gasteiger partial charge >= 0.3 is 6.03 Å². The Balaban J connectivity index is 1.23. The van der Waals surface area contributed by atoms with E-state index in [1.165, 1.54) is 6.07 Å². The third-order valence-electron chi connectivity index (χ3n) is 4.99. The Morgan fingerprint density at radius 1 is 1.03 bits per heavy atom. The maximum absolute atomic E-state index is 13.9. The molecule has 3 aromatic rings. The van der Waals surface area contributed by atoms with Crippen molar-refractivity contribution in [3.8, 4) is 5.75 Å². The van der Waals surface area contributed by atoms with Crippen LogP contribution in [0.4, 0.5) is 14.9 Å². The van der Waals surface area contributed by atoms with Crippen LogP contribution in [0.3, 0.4) is 0 Å². The van der Waals surface area contributed by atoms with E-state index in [1.54, 1.807) is 23.2 Å². The molecule has 0 atom stereocenters. The van der Waals surface area contributed by atoms with Gasteiger partial charge in [0.15, 0.2) is 0 Å². The largest absolute Gasteiger partial charge is 0.489 e. The van der Waals surface area contributed by atoms with E-state index in [0.717, 1.165) is 10.9 Å². The smallest absolute Gasteiger partial charge is 0.317 e. The summed E-state index contributed by atoms with van der Waals surface area (Å²) in [4.78, 5) is 20.5. The third-order valence-corrected chi connectivity index (χ3v) is 4.99. The van der Waals surface area contributed by atoms with E-state index in [4.69, 9.17) is 4.74 Å². The van der Waals surface area contributed by atoms with Gasteiger partial charge in [-0.2, -0.15) is 0 Å². The summed E-state index contributed by atoms with van der Waals surface area (Å²) in [6, 6.07) is 16.3. The Bertz CT molecular complexity index is 984. The summed E-state index contributed by atoms with van der Waals surface area (Å²) in [6.07, 6.45) is 1.73. The molecule has 7 heteroatoms. The molecule has 4 rings (SSSR count). The second-order valence-corrected chi connectivity index (χ2v) is 6.84.